The van der Waals surface area contributed by atoms with Gasteiger partial charge in [-0.3, -0.25) is 4.79 Å². The van der Waals surface area contributed by atoms with Crippen LogP contribution in [0.25, 0.3) is 0 Å². The molecule has 0 saturated heterocycles. The van der Waals surface area contributed by atoms with Crippen molar-refractivity contribution in [3.8, 4) is 11.5 Å². The highest BCUT2D eigenvalue weighted by molar-refractivity contribution is 14.1. The summed E-state index contributed by atoms with van der Waals surface area (Å²) < 4.78 is 8.36. The van der Waals surface area contributed by atoms with Gasteiger partial charge in [0.05, 0.1) is 22.9 Å². The van der Waals surface area contributed by atoms with Crippen LogP contribution < -0.4 is 10.5 Å². The number of halogens is 3. The number of amides is 1. The quantitative estimate of drug-likeness (QED) is 0.264. The van der Waals surface area contributed by atoms with E-state index < -0.39 is 5.91 Å². The first-order chi connectivity index (χ1) is 14.2. The van der Waals surface area contributed by atoms with E-state index in [1.807, 2.05) is 24.3 Å². The molecule has 3 aromatic rings. The smallest absolute Gasteiger partial charge is 0.273 e. The van der Waals surface area contributed by atoms with E-state index in [-0.39, 0.29) is 18.1 Å². The number of primary amides is 1. The zero-order valence-corrected chi connectivity index (χ0v) is 19.7. The van der Waals surface area contributed by atoms with E-state index in [4.69, 9.17) is 33.7 Å². The number of benzene rings is 2. The van der Waals surface area contributed by atoms with E-state index in [0.29, 0.717) is 21.5 Å². The molecule has 30 heavy (non-hydrogen) atoms. The van der Waals surface area contributed by atoms with Gasteiger partial charge in [0.15, 0.2) is 17.3 Å². The molecule has 156 valence electrons. The minimum atomic E-state index is -0.718. The molecule has 0 saturated carbocycles. The van der Waals surface area contributed by atoms with Crippen molar-refractivity contribution >= 4 is 63.9 Å². The monoisotopic (exact) mass is 558 g/mol. The SMILES string of the molecule is CN(C)C=Nc1c(C(N)=O)nnn1Cc1cc(Cl)c(Oc2ccc(I)cc2)c(Cl)c1. The molecular formula is C19H17Cl2IN6O2. The Labute approximate surface area is 196 Å². The molecule has 3 rings (SSSR count). The van der Waals surface area contributed by atoms with Gasteiger partial charge in [0, 0.05) is 17.7 Å². The summed E-state index contributed by atoms with van der Waals surface area (Å²) in [5.41, 5.74) is 6.08. The van der Waals surface area contributed by atoms with Crippen molar-refractivity contribution in [1.82, 2.24) is 19.9 Å². The van der Waals surface area contributed by atoms with Crippen LogP contribution in [0.3, 0.4) is 0 Å². The molecule has 0 radical (unpaired) electrons. The number of nitrogens with two attached hydrogens (primary N) is 1. The number of carbonyl (C=O) groups excluding carboxylic acids is 1. The fourth-order valence-electron chi connectivity index (χ4n) is 2.47. The zero-order valence-electron chi connectivity index (χ0n) is 16.0. The van der Waals surface area contributed by atoms with Gasteiger partial charge >= 0.3 is 0 Å². The lowest BCUT2D eigenvalue weighted by Crippen LogP contribution is -2.13. The maximum Gasteiger partial charge on any atom is 0.273 e. The van der Waals surface area contributed by atoms with Crippen LogP contribution in [0.2, 0.25) is 10.0 Å². The molecule has 11 heteroatoms. The van der Waals surface area contributed by atoms with Crippen LogP contribution in [0.15, 0.2) is 41.4 Å². The summed E-state index contributed by atoms with van der Waals surface area (Å²) in [7, 11) is 3.60. The van der Waals surface area contributed by atoms with Crippen LogP contribution in [0, 0.1) is 3.57 Å². The fraction of sp³-hybridized carbons (Fsp3) is 0.158. The van der Waals surface area contributed by atoms with Crippen molar-refractivity contribution in [2.24, 2.45) is 10.7 Å². The van der Waals surface area contributed by atoms with Crippen LogP contribution in [-0.2, 0) is 6.54 Å². The molecule has 0 atom stereocenters. The number of hydrogen-bond donors (Lipinski definition) is 1. The van der Waals surface area contributed by atoms with Crippen LogP contribution in [0.4, 0.5) is 5.82 Å². The fourth-order valence-corrected chi connectivity index (χ4v) is 3.44. The van der Waals surface area contributed by atoms with Gasteiger partial charge in [-0.2, -0.15) is 0 Å². The third kappa shape index (κ3) is 5.41. The Morgan fingerprint density at radius 1 is 1.27 bits per heavy atom. The van der Waals surface area contributed by atoms with E-state index in [2.05, 4.69) is 37.9 Å². The number of ether oxygens (including phenoxy) is 1. The Kier molecular flexibility index (Phi) is 7.16. The van der Waals surface area contributed by atoms with Gasteiger partial charge in [0.1, 0.15) is 5.75 Å². The Hall–Kier alpha value is -2.37. The van der Waals surface area contributed by atoms with Crippen LogP contribution in [0.5, 0.6) is 11.5 Å². The van der Waals surface area contributed by atoms with Crippen molar-refractivity contribution in [2.75, 3.05) is 14.1 Å². The molecule has 2 aromatic carbocycles. The lowest BCUT2D eigenvalue weighted by molar-refractivity contribution is 0.0996. The van der Waals surface area contributed by atoms with Gasteiger partial charge in [-0.25, -0.2) is 9.67 Å². The summed E-state index contributed by atoms with van der Waals surface area (Å²) in [6.45, 7) is 0.226. The van der Waals surface area contributed by atoms with E-state index in [1.54, 1.807) is 31.1 Å². The van der Waals surface area contributed by atoms with Crippen molar-refractivity contribution in [3.63, 3.8) is 0 Å². The summed E-state index contributed by atoms with van der Waals surface area (Å²) in [6.07, 6.45) is 1.53. The normalized spacial score (nSPS) is 11.1. The molecule has 0 aliphatic carbocycles. The Balaban J connectivity index is 1.89. The predicted octanol–water partition coefficient (Wildman–Crippen LogP) is 4.35. The summed E-state index contributed by atoms with van der Waals surface area (Å²) >= 11 is 15.0. The molecule has 1 aromatic heterocycles. The standard InChI is InChI=1S/C19H17Cl2IN6O2/c1-27(2)10-24-19-16(18(23)29)25-26-28(19)9-11-7-14(20)17(15(21)8-11)30-13-5-3-12(22)4-6-13/h3-8,10H,9H2,1-2H3,(H2,23,29). The topological polar surface area (TPSA) is 98.6 Å². The number of rotatable bonds is 7. The molecule has 0 unspecified atom stereocenters. The van der Waals surface area contributed by atoms with Gasteiger partial charge in [-0.15, -0.1) is 5.10 Å². The molecule has 0 aliphatic rings. The highest BCUT2D eigenvalue weighted by Crippen LogP contribution is 2.38. The molecular weight excluding hydrogens is 542 g/mol. The van der Waals surface area contributed by atoms with Crippen molar-refractivity contribution < 1.29 is 9.53 Å². The molecule has 0 bridgehead atoms. The second-order valence-electron chi connectivity index (χ2n) is 6.44. The van der Waals surface area contributed by atoms with Crippen LogP contribution in [0.1, 0.15) is 16.1 Å². The van der Waals surface area contributed by atoms with E-state index >= 15 is 0 Å². The van der Waals surface area contributed by atoms with E-state index in [1.165, 1.54) is 11.0 Å². The molecule has 8 nitrogen and oxygen atoms in total. The maximum absolute atomic E-state index is 11.6. The summed E-state index contributed by atoms with van der Waals surface area (Å²) in [4.78, 5) is 17.6. The summed E-state index contributed by atoms with van der Waals surface area (Å²) in [6, 6.07) is 10.9. The second-order valence-corrected chi connectivity index (χ2v) is 8.50. The highest BCUT2D eigenvalue weighted by atomic mass is 127. The minimum Gasteiger partial charge on any atom is -0.454 e. The van der Waals surface area contributed by atoms with Crippen molar-refractivity contribution in [3.05, 3.63) is 61.3 Å². The zero-order chi connectivity index (χ0) is 21.8. The average Bonchev–Trinajstić information content (AvgIpc) is 3.07. The average molecular weight is 559 g/mol. The van der Waals surface area contributed by atoms with Crippen LogP contribution >= 0.6 is 45.8 Å². The third-order valence-electron chi connectivity index (χ3n) is 3.78. The lowest BCUT2D eigenvalue weighted by Gasteiger charge is -2.12. The lowest BCUT2D eigenvalue weighted by atomic mass is 10.2. The first-order valence-electron chi connectivity index (χ1n) is 8.60. The third-order valence-corrected chi connectivity index (χ3v) is 5.06. The summed E-state index contributed by atoms with van der Waals surface area (Å²) in [5, 5.41) is 8.49. The van der Waals surface area contributed by atoms with Gasteiger partial charge < -0.3 is 15.4 Å². The first kappa shape index (κ1) is 22.3. The Morgan fingerprint density at radius 2 is 1.90 bits per heavy atom. The molecule has 0 fully saturated rings. The number of carbonyl (C=O) groups is 1. The minimum absolute atomic E-state index is 0.0241. The molecule has 0 spiro atoms. The number of hydrogen-bond acceptors (Lipinski definition) is 5. The van der Waals surface area contributed by atoms with Crippen molar-refractivity contribution in [2.45, 2.75) is 6.54 Å². The van der Waals surface area contributed by atoms with Gasteiger partial charge in [0.25, 0.3) is 5.91 Å². The van der Waals surface area contributed by atoms with Gasteiger partial charge in [-0.05, 0) is 64.6 Å². The highest BCUT2D eigenvalue weighted by Gasteiger charge is 2.18. The van der Waals surface area contributed by atoms with Gasteiger partial charge in [-0.1, -0.05) is 28.4 Å². The van der Waals surface area contributed by atoms with E-state index in [9.17, 15) is 4.79 Å². The van der Waals surface area contributed by atoms with Gasteiger partial charge in [0.2, 0.25) is 0 Å². The maximum atomic E-state index is 11.6. The summed E-state index contributed by atoms with van der Waals surface area (Å²) in [5.74, 6) is 0.493. The number of aliphatic imine (C=N–C) groups is 1. The predicted molar refractivity (Wildman–Crippen MR) is 125 cm³/mol. The Bertz CT molecular complexity index is 1080. The van der Waals surface area contributed by atoms with Crippen LogP contribution in [-0.4, -0.2) is 46.2 Å². The molecule has 2 N–H and O–H groups in total. The molecule has 1 heterocycles. The molecule has 1 amide bonds. The Morgan fingerprint density at radius 3 is 2.47 bits per heavy atom. The number of nitrogens with zero attached hydrogens (tertiary/aromatic N) is 5. The second kappa shape index (κ2) is 9.63. The van der Waals surface area contributed by atoms with Crippen molar-refractivity contribution in [1.29, 1.82) is 0 Å². The largest absolute Gasteiger partial charge is 0.454 e. The van der Waals surface area contributed by atoms with E-state index in [0.717, 1.165) is 9.13 Å². The first-order valence-corrected chi connectivity index (χ1v) is 10.4. The molecule has 0 aliphatic heterocycles. The number of aromatic nitrogens is 3.